The van der Waals surface area contributed by atoms with E-state index in [0.29, 0.717) is 12.5 Å². The molecule has 2 nitrogen and oxygen atoms in total. The van der Waals surface area contributed by atoms with Gasteiger partial charge in [-0.3, -0.25) is 0 Å². The average molecular weight is 358 g/mol. The van der Waals surface area contributed by atoms with E-state index in [1.165, 1.54) is 24.1 Å². The van der Waals surface area contributed by atoms with Crippen molar-refractivity contribution in [1.29, 1.82) is 5.26 Å². The van der Waals surface area contributed by atoms with Gasteiger partial charge in [0, 0.05) is 28.1 Å². The number of benzene rings is 1. The molecule has 1 aromatic rings. The fraction of sp³-hybridized carbons (Fsp3) is 0.462. The number of anilines is 1. The van der Waals surface area contributed by atoms with Crippen LogP contribution in [0.4, 0.5) is 5.69 Å². The van der Waals surface area contributed by atoms with Crippen LogP contribution >= 0.6 is 31.9 Å². The van der Waals surface area contributed by atoms with E-state index in [4.69, 9.17) is 5.26 Å². The third kappa shape index (κ3) is 3.23. The largest absolute Gasteiger partial charge is 0.367 e. The first-order valence-electron chi connectivity index (χ1n) is 5.74. The standard InChI is InChI=1S/C13H14Br2N2/c14-9-10-2-3-11(15)8-13(10)17(7-1-6-16)12-4-5-12/h2-3,8,12H,1,4-5,7,9H2. The van der Waals surface area contributed by atoms with E-state index >= 15 is 0 Å². The number of halogens is 2. The lowest BCUT2D eigenvalue weighted by molar-refractivity contribution is 0.789. The molecule has 1 fully saturated rings. The third-order valence-corrected chi connectivity index (χ3v) is 4.05. The Morgan fingerprint density at radius 2 is 2.18 bits per heavy atom. The molecule has 0 radical (unpaired) electrons. The zero-order chi connectivity index (χ0) is 12.3. The maximum absolute atomic E-state index is 8.75. The molecule has 0 atom stereocenters. The van der Waals surface area contributed by atoms with E-state index in [-0.39, 0.29) is 0 Å². The first-order chi connectivity index (χ1) is 8.26. The van der Waals surface area contributed by atoms with Crippen LogP contribution in [0.5, 0.6) is 0 Å². The van der Waals surface area contributed by atoms with Gasteiger partial charge in [-0.15, -0.1) is 0 Å². The summed E-state index contributed by atoms with van der Waals surface area (Å²) in [4.78, 5) is 2.38. The summed E-state index contributed by atoms with van der Waals surface area (Å²) >= 11 is 7.06. The zero-order valence-electron chi connectivity index (χ0n) is 9.50. The van der Waals surface area contributed by atoms with Crippen molar-refractivity contribution in [3.8, 4) is 6.07 Å². The molecule has 1 aliphatic rings. The zero-order valence-corrected chi connectivity index (χ0v) is 12.7. The Bertz CT molecular complexity index is 436. The molecular formula is C13H14Br2N2. The summed E-state index contributed by atoms with van der Waals surface area (Å²) in [5.41, 5.74) is 2.55. The SMILES string of the molecule is N#CCCN(c1cc(Br)ccc1CBr)C1CC1. The monoisotopic (exact) mass is 356 g/mol. The summed E-state index contributed by atoms with van der Waals surface area (Å²) in [6.45, 7) is 0.831. The summed E-state index contributed by atoms with van der Waals surface area (Å²) in [6, 6.07) is 9.23. The lowest BCUT2D eigenvalue weighted by atomic mass is 10.1. The Labute approximate surface area is 119 Å². The number of hydrogen-bond acceptors (Lipinski definition) is 2. The fourth-order valence-corrected chi connectivity index (χ4v) is 2.80. The van der Waals surface area contributed by atoms with Crippen LogP contribution < -0.4 is 4.90 Å². The van der Waals surface area contributed by atoms with Crippen molar-refractivity contribution in [3.63, 3.8) is 0 Å². The molecule has 0 amide bonds. The molecule has 2 rings (SSSR count). The molecule has 1 aliphatic carbocycles. The molecule has 1 aromatic carbocycles. The van der Waals surface area contributed by atoms with Gasteiger partial charge in [-0.1, -0.05) is 37.9 Å². The third-order valence-electron chi connectivity index (χ3n) is 2.95. The maximum Gasteiger partial charge on any atom is 0.0640 e. The van der Waals surface area contributed by atoms with Crippen LogP contribution in [-0.2, 0) is 5.33 Å². The van der Waals surface area contributed by atoms with Crippen LogP contribution in [0.1, 0.15) is 24.8 Å². The number of nitriles is 1. The van der Waals surface area contributed by atoms with Gasteiger partial charge < -0.3 is 4.90 Å². The molecule has 0 aromatic heterocycles. The van der Waals surface area contributed by atoms with Crippen LogP contribution in [-0.4, -0.2) is 12.6 Å². The van der Waals surface area contributed by atoms with Gasteiger partial charge in [0.1, 0.15) is 0 Å². The fourth-order valence-electron chi connectivity index (χ4n) is 1.97. The summed E-state index contributed by atoms with van der Waals surface area (Å²) in [7, 11) is 0. The number of alkyl halides is 1. The van der Waals surface area contributed by atoms with Crippen molar-refractivity contribution in [2.75, 3.05) is 11.4 Å². The smallest absolute Gasteiger partial charge is 0.0640 e. The van der Waals surface area contributed by atoms with Gasteiger partial charge >= 0.3 is 0 Å². The summed E-state index contributed by atoms with van der Waals surface area (Å²) in [6.07, 6.45) is 3.09. The van der Waals surface area contributed by atoms with E-state index < -0.39 is 0 Å². The van der Waals surface area contributed by atoms with Crippen molar-refractivity contribution >= 4 is 37.5 Å². The minimum atomic E-state index is 0.588. The highest BCUT2D eigenvalue weighted by molar-refractivity contribution is 9.10. The number of hydrogen-bond donors (Lipinski definition) is 0. The van der Waals surface area contributed by atoms with Crippen molar-refractivity contribution in [1.82, 2.24) is 0 Å². The highest BCUT2D eigenvalue weighted by atomic mass is 79.9. The van der Waals surface area contributed by atoms with E-state index in [1.807, 2.05) is 0 Å². The Hall–Kier alpha value is -0.530. The summed E-state index contributed by atoms with van der Waals surface area (Å²) in [5.74, 6) is 0. The van der Waals surface area contributed by atoms with Crippen LogP contribution in [0.2, 0.25) is 0 Å². The highest BCUT2D eigenvalue weighted by Crippen LogP contribution is 2.35. The summed E-state index contributed by atoms with van der Waals surface area (Å²) < 4.78 is 1.10. The summed E-state index contributed by atoms with van der Waals surface area (Å²) in [5, 5.41) is 9.60. The van der Waals surface area contributed by atoms with Crippen LogP contribution in [0.15, 0.2) is 22.7 Å². The molecule has 0 N–H and O–H groups in total. The number of nitrogens with zero attached hydrogens (tertiary/aromatic N) is 2. The predicted molar refractivity (Wildman–Crippen MR) is 77.4 cm³/mol. The van der Waals surface area contributed by atoms with Crippen molar-refractivity contribution < 1.29 is 0 Å². The molecule has 0 aliphatic heterocycles. The number of rotatable bonds is 5. The van der Waals surface area contributed by atoms with Gasteiger partial charge in [0.2, 0.25) is 0 Å². The predicted octanol–water partition coefficient (Wildman–Crippen LogP) is 4.23. The quantitative estimate of drug-likeness (QED) is 0.737. The Morgan fingerprint density at radius 3 is 2.76 bits per heavy atom. The molecule has 0 heterocycles. The average Bonchev–Trinajstić information content (AvgIpc) is 3.14. The Kier molecular flexibility index (Phi) is 4.47. The van der Waals surface area contributed by atoms with Gasteiger partial charge in [0.05, 0.1) is 12.5 Å². The lowest BCUT2D eigenvalue weighted by Crippen LogP contribution is -2.27. The topological polar surface area (TPSA) is 27.0 Å². The van der Waals surface area contributed by atoms with Crippen molar-refractivity contribution in [2.24, 2.45) is 0 Å². The second-order valence-electron chi connectivity index (χ2n) is 4.24. The molecule has 90 valence electrons. The van der Waals surface area contributed by atoms with Crippen LogP contribution in [0.25, 0.3) is 0 Å². The minimum Gasteiger partial charge on any atom is -0.367 e. The van der Waals surface area contributed by atoms with Gasteiger partial charge in [-0.05, 0) is 30.5 Å². The second-order valence-corrected chi connectivity index (χ2v) is 5.72. The first kappa shape index (κ1) is 12.9. The van der Waals surface area contributed by atoms with Gasteiger partial charge in [-0.25, -0.2) is 0 Å². The maximum atomic E-state index is 8.75. The molecule has 0 saturated heterocycles. The Morgan fingerprint density at radius 1 is 1.41 bits per heavy atom. The van der Waals surface area contributed by atoms with Gasteiger partial charge in [-0.2, -0.15) is 5.26 Å². The molecule has 4 heteroatoms. The Balaban J connectivity index is 2.27. The minimum absolute atomic E-state index is 0.588. The van der Waals surface area contributed by atoms with Crippen LogP contribution in [0.3, 0.4) is 0 Å². The normalized spacial score (nSPS) is 14.4. The molecule has 0 bridgehead atoms. The van der Waals surface area contributed by atoms with Gasteiger partial charge in [0.25, 0.3) is 0 Å². The van der Waals surface area contributed by atoms with Gasteiger partial charge in [0.15, 0.2) is 0 Å². The van der Waals surface area contributed by atoms with Crippen molar-refractivity contribution in [3.05, 3.63) is 28.2 Å². The van der Waals surface area contributed by atoms with E-state index in [0.717, 1.165) is 16.3 Å². The van der Waals surface area contributed by atoms with E-state index in [9.17, 15) is 0 Å². The molecule has 1 saturated carbocycles. The first-order valence-corrected chi connectivity index (χ1v) is 7.65. The second kappa shape index (κ2) is 5.88. The highest BCUT2D eigenvalue weighted by Gasteiger charge is 2.30. The van der Waals surface area contributed by atoms with E-state index in [1.54, 1.807) is 0 Å². The van der Waals surface area contributed by atoms with Crippen molar-refractivity contribution in [2.45, 2.75) is 30.6 Å². The molecule has 0 unspecified atom stereocenters. The molecular weight excluding hydrogens is 344 g/mol. The molecule has 0 spiro atoms. The lowest BCUT2D eigenvalue weighted by Gasteiger charge is -2.26. The van der Waals surface area contributed by atoms with Crippen LogP contribution in [0, 0.1) is 11.3 Å². The van der Waals surface area contributed by atoms with E-state index in [2.05, 4.69) is 61.0 Å². The molecule has 17 heavy (non-hydrogen) atoms.